The van der Waals surface area contributed by atoms with E-state index in [1.54, 1.807) is 11.3 Å². The quantitative estimate of drug-likeness (QED) is 0.943. The zero-order chi connectivity index (χ0) is 15.7. The Morgan fingerprint density at radius 3 is 2.86 bits per heavy atom. The number of hydrogen-bond acceptors (Lipinski definition) is 4. The Morgan fingerprint density at radius 1 is 1.45 bits per heavy atom. The number of rotatable bonds is 4. The minimum atomic E-state index is -0.693. The van der Waals surface area contributed by atoms with Crippen LogP contribution in [0.5, 0.6) is 0 Å². The maximum Gasteiger partial charge on any atom is 0.242 e. The number of primary amides is 1. The molecular weight excluding hydrogens is 294 g/mol. The molecular formula is C17H21N3OS. The molecule has 2 heterocycles. The second-order valence-corrected chi connectivity index (χ2v) is 6.57. The molecule has 2 N–H and O–H groups in total. The maximum atomic E-state index is 12.5. The average Bonchev–Trinajstić information content (AvgIpc) is 3.13. The van der Waals surface area contributed by atoms with Gasteiger partial charge in [-0.05, 0) is 44.0 Å². The summed E-state index contributed by atoms with van der Waals surface area (Å²) < 4.78 is 0. The van der Waals surface area contributed by atoms with E-state index in [1.165, 1.54) is 0 Å². The molecule has 22 heavy (non-hydrogen) atoms. The normalized spacial score (nSPS) is 22.1. The number of benzene rings is 1. The molecule has 4 nitrogen and oxygen atoms in total. The highest BCUT2D eigenvalue weighted by atomic mass is 32.1. The molecule has 0 aliphatic carbocycles. The lowest BCUT2D eigenvalue weighted by atomic mass is 9.82. The van der Waals surface area contributed by atoms with Gasteiger partial charge >= 0.3 is 0 Å². The van der Waals surface area contributed by atoms with Crippen LogP contribution in [0.25, 0.3) is 10.4 Å². The number of thiazole rings is 1. The second kappa shape index (κ2) is 5.82. The summed E-state index contributed by atoms with van der Waals surface area (Å²) in [5, 5.41) is 0. The topological polar surface area (TPSA) is 59.2 Å². The highest BCUT2D eigenvalue weighted by molar-refractivity contribution is 7.13. The molecule has 1 unspecified atom stereocenters. The fourth-order valence-electron chi connectivity index (χ4n) is 3.62. The fourth-order valence-corrected chi connectivity index (χ4v) is 4.47. The Bertz CT molecular complexity index is 697. The number of nitrogens with two attached hydrogens (primary N) is 1. The Kier molecular flexibility index (Phi) is 4.02. The minimum Gasteiger partial charge on any atom is -0.368 e. The number of likely N-dealkylation sites (tertiary alicyclic amines) is 1. The van der Waals surface area contributed by atoms with Gasteiger partial charge in [0.2, 0.25) is 5.91 Å². The first-order valence-corrected chi connectivity index (χ1v) is 8.54. The number of nitrogens with zero attached hydrogens (tertiary/aromatic N) is 2. The molecule has 1 aromatic carbocycles. The largest absolute Gasteiger partial charge is 0.368 e. The summed E-state index contributed by atoms with van der Waals surface area (Å²) in [6.07, 6.45) is 1.78. The fraction of sp³-hybridized carbons (Fsp3) is 0.412. The standard InChI is InChI=1S/C17H21N3OS/c1-3-20-10-6-9-17(20,16(18)21)14-8-5-4-7-13(14)15-12(2)19-11-22-15/h4-5,7-8,11H,3,6,9-10H2,1-2H3,(H2,18,21). The Hall–Kier alpha value is -1.72. The summed E-state index contributed by atoms with van der Waals surface area (Å²) in [4.78, 5) is 20.2. The van der Waals surface area contributed by atoms with Crippen LogP contribution in [0.15, 0.2) is 29.8 Å². The lowest BCUT2D eigenvalue weighted by molar-refractivity contribution is -0.129. The van der Waals surface area contributed by atoms with Crippen molar-refractivity contribution in [1.82, 2.24) is 9.88 Å². The number of carbonyl (C=O) groups excluding carboxylic acids is 1. The van der Waals surface area contributed by atoms with Gasteiger partial charge < -0.3 is 5.73 Å². The van der Waals surface area contributed by atoms with Crippen molar-refractivity contribution < 1.29 is 4.79 Å². The van der Waals surface area contributed by atoms with E-state index in [9.17, 15) is 4.79 Å². The summed E-state index contributed by atoms with van der Waals surface area (Å²) in [6.45, 7) is 5.82. The third-order valence-electron chi connectivity index (χ3n) is 4.66. The third kappa shape index (κ3) is 2.16. The molecule has 2 aromatic rings. The van der Waals surface area contributed by atoms with Crippen molar-refractivity contribution in [3.63, 3.8) is 0 Å². The van der Waals surface area contributed by atoms with Crippen LogP contribution in [0.3, 0.4) is 0 Å². The van der Waals surface area contributed by atoms with Gasteiger partial charge in [-0.2, -0.15) is 0 Å². The Labute approximate surface area is 135 Å². The molecule has 1 saturated heterocycles. The summed E-state index contributed by atoms with van der Waals surface area (Å²) in [7, 11) is 0. The van der Waals surface area contributed by atoms with E-state index in [2.05, 4.69) is 22.9 Å². The van der Waals surface area contributed by atoms with Crippen LogP contribution < -0.4 is 5.73 Å². The smallest absolute Gasteiger partial charge is 0.242 e. The SMILES string of the molecule is CCN1CCCC1(C(N)=O)c1ccccc1-c1scnc1C. The van der Waals surface area contributed by atoms with E-state index in [0.717, 1.165) is 47.6 Å². The van der Waals surface area contributed by atoms with Crippen LogP contribution in [0.2, 0.25) is 0 Å². The van der Waals surface area contributed by atoms with E-state index < -0.39 is 5.54 Å². The summed E-state index contributed by atoms with van der Waals surface area (Å²) in [5.41, 5.74) is 10.2. The lowest BCUT2D eigenvalue weighted by Gasteiger charge is -2.36. The molecule has 0 bridgehead atoms. The first-order chi connectivity index (χ1) is 10.6. The zero-order valence-electron chi connectivity index (χ0n) is 13.0. The first kappa shape index (κ1) is 15.2. The molecule has 5 heteroatoms. The number of aryl methyl sites for hydroxylation is 1. The van der Waals surface area contributed by atoms with Gasteiger partial charge in [-0.15, -0.1) is 11.3 Å². The number of hydrogen-bond donors (Lipinski definition) is 1. The van der Waals surface area contributed by atoms with Gasteiger partial charge in [0.05, 0.1) is 16.1 Å². The van der Waals surface area contributed by atoms with Crippen molar-refractivity contribution in [3.8, 4) is 10.4 Å². The Balaban J connectivity index is 2.23. The third-order valence-corrected chi connectivity index (χ3v) is 5.62. The average molecular weight is 315 g/mol. The minimum absolute atomic E-state index is 0.249. The molecule has 0 saturated carbocycles. The number of likely N-dealkylation sites (N-methyl/N-ethyl adjacent to an activating group) is 1. The predicted octanol–water partition coefficient (Wildman–Crippen LogP) is 2.91. The van der Waals surface area contributed by atoms with Crippen LogP contribution >= 0.6 is 11.3 Å². The first-order valence-electron chi connectivity index (χ1n) is 7.66. The van der Waals surface area contributed by atoms with Crippen molar-refractivity contribution in [2.45, 2.75) is 32.2 Å². The van der Waals surface area contributed by atoms with Crippen molar-refractivity contribution in [2.75, 3.05) is 13.1 Å². The van der Waals surface area contributed by atoms with E-state index in [4.69, 9.17) is 5.73 Å². The monoisotopic (exact) mass is 315 g/mol. The zero-order valence-corrected chi connectivity index (χ0v) is 13.8. The van der Waals surface area contributed by atoms with Gasteiger partial charge in [-0.3, -0.25) is 9.69 Å². The predicted molar refractivity (Wildman–Crippen MR) is 89.6 cm³/mol. The highest BCUT2D eigenvalue weighted by Gasteiger charge is 2.48. The van der Waals surface area contributed by atoms with E-state index in [1.807, 2.05) is 30.6 Å². The van der Waals surface area contributed by atoms with E-state index in [0.29, 0.717) is 0 Å². The molecule has 116 valence electrons. The van der Waals surface area contributed by atoms with Crippen LogP contribution in [-0.4, -0.2) is 28.9 Å². The maximum absolute atomic E-state index is 12.5. The van der Waals surface area contributed by atoms with Gasteiger partial charge in [-0.1, -0.05) is 31.2 Å². The van der Waals surface area contributed by atoms with Crippen LogP contribution in [0.1, 0.15) is 31.0 Å². The van der Waals surface area contributed by atoms with Gasteiger partial charge in [0.1, 0.15) is 5.54 Å². The van der Waals surface area contributed by atoms with Crippen LogP contribution in [-0.2, 0) is 10.3 Å². The summed E-state index contributed by atoms with van der Waals surface area (Å²) in [5.74, 6) is -0.249. The highest BCUT2D eigenvalue weighted by Crippen LogP contribution is 2.44. The molecule has 1 atom stereocenters. The molecule has 1 aliphatic heterocycles. The molecule has 1 fully saturated rings. The Morgan fingerprint density at radius 2 is 2.23 bits per heavy atom. The molecule has 1 aromatic heterocycles. The molecule has 3 rings (SSSR count). The number of aromatic nitrogens is 1. The summed E-state index contributed by atoms with van der Waals surface area (Å²) in [6, 6.07) is 8.13. The number of carbonyl (C=O) groups is 1. The van der Waals surface area contributed by atoms with Crippen LogP contribution in [0, 0.1) is 6.92 Å². The van der Waals surface area contributed by atoms with Crippen molar-refractivity contribution in [3.05, 3.63) is 41.0 Å². The van der Waals surface area contributed by atoms with E-state index in [-0.39, 0.29) is 5.91 Å². The van der Waals surface area contributed by atoms with Gasteiger partial charge in [0.15, 0.2) is 0 Å². The van der Waals surface area contributed by atoms with E-state index >= 15 is 0 Å². The van der Waals surface area contributed by atoms with Crippen LogP contribution in [0.4, 0.5) is 0 Å². The molecule has 1 aliphatic rings. The van der Waals surface area contributed by atoms with Gasteiger partial charge in [-0.25, -0.2) is 4.98 Å². The van der Waals surface area contributed by atoms with Crippen molar-refractivity contribution in [2.24, 2.45) is 5.73 Å². The van der Waals surface area contributed by atoms with Crippen molar-refractivity contribution in [1.29, 1.82) is 0 Å². The molecule has 0 spiro atoms. The van der Waals surface area contributed by atoms with Gasteiger partial charge in [0, 0.05) is 0 Å². The number of amides is 1. The molecule has 1 amide bonds. The summed E-state index contributed by atoms with van der Waals surface area (Å²) >= 11 is 1.61. The van der Waals surface area contributed by atoms with Gasteiger partial charge in [0.25, 0.3) is 0 Å². The lowest BCUT2D eigenvalue weighted by Crippen LogP contribution is -2.51. The second-order valence-electron chi connectivity index (χ2n) is 5.72. The van der Waals surface area contributed by atoms with Crippen molar-refractivity contribution >= 4 is 17.2 Å². The molecule has 0 radical (unpaired) electrons.